The summed E-state index contributed by atoms with van der Waals surface area (Å²) in [5.41, 5.74) is 11.4. The molecule has 15 heteroatoms. The van der Waals surface area contributed by atoms with E-state index >= 15 is 0 Å². The molecule has 14 nitrogen and oxygen atoms in total. The van der Waals surface area contributed by atoms with Gasteiger partial charge in [-0.15, -0.1) is 32.8 Å². The maximum Gasteiger partial charge on any atom is 0.317 e. The van der Waals surface area contributed by atoms with Crippen molar-refractivity contribution in [2.75, 3.05) is 13.1 Å². The van der Waals surface area contributed by atoms with E-state index in [2.05, 4.69) is 54.4 Å². The molecule has 2 amide bonds. The minimum absolute atomic E-state index is 0. The molecule has 3 aliphatic rings. The first kappa shape index (κ1) is 30.4. The molecule has 0 unspecified atom stereocenters. The number of aromatic nitrogens is 10. The molecule has 4 atom stereocenters. The van der Waals surface area contributed by atoms with Gasteiger partial charge < -0.3 is 25.9 Å². The Balaban J connectivity index is 0.000000150. The largest absolute Gasteiger partial charge is 0.345 e. The molecule has 6 aromatic heterocycles. The summed E-state index contributed by atoms with van der Waals surface area (Å²) in [5, 5.41) is 20.7. The number of fused-ring (bicyclic) bond motifs is 6. The van der Waals surface area contributed by atoms with Gasteiger partial charge in [0.05, 0.1) is 23.4 Å². The van der Waals surface area contributed by atoms with Crippen molar-refractivity contribution in [1.29, 1.82) is 0 Å². The van der Waals surface area contributed by atoms with Crippen LogP contribution in [0.3, 0.4) is 0 Å². The Kier molecular flexibility index (Phi) is 8.47. The van der Waals surface area contributed by atoms with Gasteiger partial charge >= 0.3 is 6.03 Å². The normalized spacial score (nSPS) is 23.5. The average Bonchev–Trinajstić information content (AvgIpc) is 3.89. The number of H-pyrrole nitrogens is 2. The molecule has 9 rings (SSSR count). The minimum Gasteiger partial charge on any atom is -0.345 e. The number of nitrogens with one attached hydrogen (secondary N) is 3. The molecular formula is C31H40ClN13O. The Bertz CT molecular complexity index is 1950. The van der Waals surface area contributed by atoms with Crippen LogP contribution in [-0.2, 0) is 0 Å². The van der Waals surface area contributed by atoms with Crippen LogP contribution in [0.5, 0.6) is 0 Å². The first-order valence-electron chi connectivity index (χ1n) is 16.3. The third-order valence-corrected chi connectivity index (χ3v) is 9.77. The summed E-state index contributed by atoms with van der Waals surface area (Å²) in [6.07, 6.45) is 18.1. The van der Waals surface area contributed by atoms with E-state index in [9.17, 15) is 4.79 Å². The smallest absolute Gasteiger partial charge is 0.317 e. The third kappa shape index (κ3) is 5.64. The summed E-state index contributed by atoms with van der Waals surface area (Å²) in [6, 6.07) is 4.62. The SMILES string of the molecule is Cl.N[C@@H]1CCC[C@H](c2nnc3cnc4[nH]ccc4n23)C1.O=C(N[C@@H]1CCC[C@H](c2nnc3cnc4[nH]ccc4n23)C1)N1CCCC1. The summed E-state index contributed by atoms with van der Waals surface area (Å²) < 4.78 is 4.22. The fourth-order valence-electron chi connectivity index (χ4n) is 7.53. The molecule has 7 heterocycles. The summed E-state index contributed by atoms with van der Waals surface area (Å²) in [5.74, 6) is 2.70. The van der Waals surface area contributed by atoms with Crippen molar-refractivity contribution in [3.05, 3.63) is 48.6 Å². The van der Waals surface area contributed by atoms with Crippen LogP contribution in [0.1, 0.15) is 87.7 Å². The number of urea groups is 1. The first-order chi connectivity index (χ1) is 22.1. The second-order valence-corrected chi connectivity index (χ2v) is 12.8. The molecule has 1 aliphatic heterocycles. The van der Waals surface area contributed by atoms with E-state index in [1.807, 2.05) is 29.4 Å². The van der Waals surface area contributed by atoms with Crippen LogP contribution in [0, 0.1) is 0 Å². The fourth-order valence-corrected chi connectivity index (χ4v) is 7.53. The molecule has 2 aliphatic carbocycles. The topological polar surface area (TPSA) is 176 Å². The molecule has 0 aromatic carbocycles. The van der Waals surface area contributed by atoms with E-state index in [0.717, 1.165) is 116 Å². The molecule has 5 N–H and O–H groups in total. The summed E-state index contributed by atoms with van der Waals surface area (Å²) in [7, 11) is 0. The van der Waals surface area contributed by atoms with Gasteiger partial charge in [0, 0.05) is 49.4 Å². The van der Waals surface area contributed by atoms with Crippen LogP contribution in [0.15, 0.2) is 36.9 Å². The van der Waals surface area contributed by atoms with Crippen LogP contribution < -0.4 is 11.1 Å². The predicted octanol–water partition coefficient (Wildman–Crippen LogP) is 4.45. The summed E-state index contributed by atoms with van der Waals surface area (Å²) >= 11 is 0. The van der Waals surface area contributed by atoms with Crippen LogP contribution in [0.2, 0.25) is 0 Å². The van der Waals surface area contributed by atoms with E-state index in [1.165, 1.54) is 6.42 Å². The van der Waals surface area contributed by atoms with Crippen molar-refractivity contribution >= 4 is 52.1 Å². The lowest BCUT2D eigenvalue weighted by atomic mass is 9.85. The molecule has 6 aromatic rings. The Morgan fingerprint density at radius 3 is 1.91 bits per heavy atom. The Hall–Kier alpha value is -4.30. The lowest BCUT2D eigenvalue weighted by molar-refractivity contribution is 0.198. The number of amides is 2. The molecular weight excluding hydrogens is 606 g/mol. The number of nitrogens with zero attached hydrogens (tertiary/aromatic N) is 9. The highest BCUT2D eigenvalue weighted by atomic mass is 35.5. The minimum atomic E-state index is 0. The van der Waals surface area contributed by atoms with E-state index in [4.69, 9.17) is 5.73 Å². The number of likely N-dealkylation sites (tertiary alicyclic amines) is 1. The zero-order chi connectivity index (χ0) is 30.3. The van der Waals surface area contributed by atoms with Gasteiger partial charge in [-0.05, 0) is 63.5 Å². The van der Waals surface area contributed by atoms with Crippen molar-refractivity contribution in [1.82, 2.24) is 59.3 Å². The highest BCUT2D eigenvalue weighted by molar-refractivity contribution is 5.85. The third-order valence-electron chi connectivity index (χ3n) is 9.77. The molecule has 1 saturated heterocycles. The van der Waals surface area contributed by atoms with E-state index < -0.39 is 0 Å². The van der Waals surface area contributed by atoms with E-state index in [-0.39, 0.29) is 30.5 Å². The Labute approximate surface area is 271 Å². The maximum absolute atomic E-state index is 12.4. The van der Waals surface area contributed by atoms with Crippen molar-refractivity contribution in [3.63, 3.8) is 0 Å². The zero-order valence-electron chi connectivity index (χ0n) is 25.7. The van der Waals surface area contributed by atoms with Gasteiger partial charge in [-0.25, -0.2) is 14.8 Å². The molecule has 242 valence electrons. The standard InChI is InChI=1S/C18H23N7O.C13H16N6.ClH/c26-18(24-8-1-2-9-24)21-13-5-3-4-12(10-13)17-23-22-15-11-20-16-14(25(15)17)6-7-19-16;14-9-3-1-2-8(6-9)13-18-17-11-7-16-12-10(19(11)13)4-5-15-12;/h6-7,11-13,19H,1-5,8-10H2,(H,21,26);4-5,7-9,15H,1-3,6,14H2;1H/t12-,13+;8-,9+;/m00./s1. The van der Waals surface area contributed by atoms with Gasteiger partial charge in [-0.2, -0.15) is 0 Å². The predicted molar refractivity (Wildman–Crippen MR) is 176 cm³/mol. The van der Waals surface area contributed by atoms with Crippen molar-refractivity contribution < 1.29 is 4.79 Å². The molecule has 0 radical (unpaired) electrons. The number of carbonyl (C=O) groups excluding carboxylic acids is 1. The van der Waals surface area contributed by atoms with Gasteiger partial charge in [0.25, 0.3) is 0 Å². The summed E-state index contributed by atoms with van der Waals surface area (Å²) in [4.78, 5) is 29.4. The Morgan fingerprint density at radius 2 is 1.33 bits per heavy atom. The van der Waals surface area contributed by atoms with Gasteiger partial charge in [-0.1, -0.05) is 12.8 Å². The van der Waals surface area contributed by atoms with Crippen molar-refractivity contribution in [3.8, 4) is 0 Å². The zero-order valence-corrected chi connectivity index (χ0v) is 26.5. The maximum atomic E-state index is 12.4. The Morgan fingerprint density at radius 1 is 0.761 bits per heavy atom. The molecule has 46 heavy (non-hydrogen) atoms. The molecule has 0 spiro atoms. The van der Waals surface area contributed by atoms with E-state index in [0.29, 0.717) is 11.8 Å². The first-order valence-corrected chi connectivity index (χ1v) is 16.3. The number of hydrogen-bond acceptors (Lipinski definition) is 8. The summed E-state index contributed by atoms with van der Waals surface area (Å²) in [6.45, 7) is 1.77. The van der Waals surface area contributed by atoms with E-state index in [1.54, 1.807) is 12.4 Å². The number of nitrogens with two attached hydrogens (primary N) is 1. The number of hydrogen-bond donors (Lipinski definition) is 4. The van der Waals surface area contributed by atoms with Crippen molar-refractivity contribution in [2.45, 2.75) is 88.1 Å². The fraction of sp³-hybridized carbons (Fsp3) is 0.516. The second kappa shape index (κ2) is 12.8. The lowest BCUT2D eigenvalue weighted by Gasteiger charge is -2.30. The molecule has 3 fully saturated rings. The number of rotatable bonds is 3. The van der Waals surface area contributed by atoms with Crippen molar-refractivity contribution in [2.24, 2.45) is 5.73 Å². The van der Waals surface area contributed by atoms with Crippen LogP contribution in [0.25, 0.3) is 33.6 Å². The van der Waals surface area contributed by atoms with Crippen LogP contribution in [-0.4, -0.2) is 85.2 Å². The monoisotopic (exact) mass is 645 g/mol. The molecule has 0 bridgehead atoms. The lowest BCUT2D eigenvalue weighted by Crippen LogP contribution is -2.45. The highest BCUT2D eigenvalue weighted by Gasteiger charge is 2.30. The molecule has 2 saturated carbocycles. The highest BCUT2D eigenvalue weighted by Crippen LogP contribution is 2.34. The van der Waals surface area contributed by atoms with Gasteiger partial charge in [-0.3, -0.25) is 8.80 Å². The number of aromatic amines is 2. The second-order valence-electron chi connectivity index (χ2n) is 12.8. The van der Waals surface area contributed by atoms with Gasteiger partial charge in [0.1, 0.15) is 11.6 Å². The quantitative estimate of drug-likeness (QED) is 0.218. The number of halogens is 1. The van der Waals surface area contributed by atoms with Gasteiger partial charge in [0.2, 0.25) is 0 Å². The number of carbonyl (C=O) groups is 1. The van der Waals surface area contributed by atoms with Crippen LogP contribution in [0.4, 0.5) is 4.79 Å². The average molecular weight is 646 g/mol. The van der Waals surface area contributed by atoms with Gasteiger partial charge in [0.15, 0.2) is 22.6 Å². The van der Waals surface area contributed by atoms with Crippen LogP contribution >= 0.6 is 12.4 Å².